The molecule has 0 spiro atoms. The number of hydrogen-bond donors (Lipinski definition) is 1. The smallest absolute Gasteiger partial charge is 0.0495 e. The zero-order valence-corrected chi connectivity index (χ0v) is 6.68. The molecule has 0 radical (unpaired) electrons. The van der Waals surface area contributed by atoms with Crippen LogP contribution in [0.4, 0.5) is 0 Å². The molecule has 0 heterocycles. The maximum absolute atomic E-state index is 8.56. The van der Waals surface area contributed by atoms with E-state index in [1.165, 1.54) is 0 Å². The molecule has 3 nitrogen and oxygen atoms in total. The number of hydrogen-bond acceptors (Lipinski definition) is 3. The molecule has 42 valence electrons. The van der Waals surface area contributed by atoms with Gasteiger partial charge >= 0.3 is 0 Å². The summed E-state index contributed by atoms with van der Waals surface area (Å²) in [7, 11) is -2.86. The summed E-state index contributed by atoms with van der Waals surface area (Å²) >= 11 is 0. The summed E-state index contributed by atoms with van der Waals surface area (Å²) in [6.07, 6.45) is 0. The molecule has 6 heteroatoms. The fourth-order valence-electron chi connectivity index (χ4n) is 0. The monoisotopic (exact) mass is 265 g/mol. The molecule has 0 fully saturated rings. The molecular formula is H2FeIO3S-. The first kappa shape index (κ1) is 15.7. The first-order valence-electron chi connectivity index (χ1n) is 0.516. The van der Waals surface area contributed by atoms with Crippen molar-refractivity contribution in [3.05, 3.63) is 0 Å². The topological polar surface area (TPSA) is 54.4 Å². The van der Waals surface area contributed by atoms with Crippen LogP contribution in [-0.4, -0.2) is 4.55 Å². The van der Waals surface area contributed by atoms with E-state index in [4.69, 9.17) is 13.0 Å². The second-order valence-corrected chi connectivity index (χ2v) is 0.651. The minimum Gasteiger partial charge on any atom is -0.439 e. The van der Waals surface area contributed by atoms with Crippen LogP contribution in [0.15, 0.2) is 0 Å². The molecule has 0 aromatic rings. The third-order valence-electron chi connectivity index (χ3n) is 0. The molecule has 1 N–H and O–H groups in total. The average Bonchev–Trinajstić information content (AvgIpc) is 0.811. The fraction of sp³-hybridized carbons (Fsp3) is 0. The van der Waals surface area contributed by atoms with Crippen LogP contribution in [0.25, 0.3) is 0 Å². The van der Waals surface area contributed by atoms with Crippen LogP contribution < -0.4 is 0 Å². The van der Waals surface area contributed by atoms with Crippen molar-refractivity contribution in [1.82, 2.24) is 0 Å². The van der Waals surface area contributed by atoms with E-state index in [-0.39, 0.29) is 41.0 Å². The molecule has 0 atom stereocenters. The Kier molecular flexibility index (Phi) is 24.8. The van der Waals surface area contributed by atoms with Crippen molar-refractivity contribution in [2.24, 2.45) is 0 Å². The number of halogens is 1. The van der Waals surface area contributed by atoms with Crippen molar-refractivity contribution in [2.75, 3.05) is 0 Å². The van der Waals surface area contributed by atoms with Crippen LogP contribution in [0.1, 0.15) is 0 Å². The summed E-state index contributed by atoms with van der Waals surface area (Å²) in [6, 6.07) is 0. The van der Waals surface area contributed by atoms with Crippen molar-refractivity contribution in [2.45, 2.75) is 0 Å². The van der Waals surface area contributed by atoms with Gasteiger partial charge in [0.15, 0.2) is 0 Å². The van der Waals surface area contributed by atoms with Gasteiger partial charge in [-0.1, -0.05) is 0 Å². The van der Waals surface area contributed by atoms with E-state index in [0.29, 0.717) is 0 Å². The van der Waals surface area contributed by atoms with E-state index in [1.807, 2.05) is 0 Å². The Morgan fingerprint density at radius 1 is 1.33 bits per heavy atom. The normalized spacial score (nSPS) is 5.67. The molecule has 0 aromatic carbocycles. The van der Waals surface area contributed by atoms with E-state index < -0.39 is 11.0 Å². The fourth-order valence-corrected chi connectivity index (χ4v) is 0. The second kappa shape index (κ2) is 9.48. The van der Waals surface area contributed by atoms with Gasteiger partial charge in [0.2, 0.25) is 0 Å². The van der Waals surface area contributed by atoms with E-state index >= 15 is 0 Å². The molecule has 0 amide bonds. The molecular weight excluding hydrogens is 263 g/mol. The van der Waals surface area contributed by atoms with Gasteiger partial charge in [-0.05, 0) is 0 Å². The third kappa shape index (κ3) is 66.4. The Hall–Kier alpha value is 1.16. The van der Waals surface area contributed by atoms with Crippen LogP contribution in [0.5, 0.6) is 0 Å². The zero-order valence-electron chi connectivity index (χ0n) is 2.43. The van der Waals surface area contributed by atoms with Gasteiger partial charge in [0.25, 0.3) is 0 Å². The summed E-state index contributed by atoms with van der Waals surface area (Å²) in [6.45, 7) is 0. The SMILES string of the molecule is I.O=[S-](=O)O.[Fe]. The molecule has 0 bridgehead atoms. The van der Waals surface area contributed by atoms with Gasteiger partial charge in [-0.2, -0.15) is 0 Å². The van der Waals surface area contributed by atoms with Gasteiger partial charge in [-0.3, -0.25) is 0 Å². The Bertz CT molecular complexity index is 59.2. The maximum Gasteiger partial charge on any atom is 0.0495 e. The third-order valence-corrected chi connectivity index (χ3v) is 0. The van der Waals surface area contributed by atoms with Gasteiger partial charge < -0.3 is 13.0 Å². The van der Waals surface area contributed by atoms with Crippen LogP contribution in [0.3, 0.4) is 0 Å². The van der Waals surface area contributed by atoms with Crippen molar-refractivity contribution in [1.29, 1.82) is 0 Å². The quantitative estimate of drug-likeness (QED) is 0.226. The van der Waals surface area contributed by atoms with Crippen LogP contribution in [0.2, 0.25) is 0 Å². The van der Waals surface area contributed by atoms with Crippen molar-refractivity contribution in [3.8, 4) is 0 Å². The predicted molar refractivity (Wildman–Crippen MR) is 26.8 cm³/mol. The second-order valence-electron chi connectivity index (χ2n) is 0.217. The summed E-state index contributed by atoms with van der Waals surface area (Å²) < 4.78 is 24.1. The average molecular weight is 265 g/mol. The largest absolute Gasteiger partial charge is 0.439 e. The van der Waals surface area contributed by atoms with Crippen molar-refractivity contribution < 1.29 is 30.0 Å². The molecule has 0 saturated heterocycles. The molecule has 0 aliphatic heterocycles. The molecule has 0 aliphatic rings. The standard InChI is InChI=1S/Fe.HI.HO3S/c;;1-4(2)3/h;1H;(H,1,2,3)/q;;-1. The first-order chi connectivity index (χ1) is 1.73. The van der Waals surface area contributed by atoms with Crippen LogP contribution in [0, 0.1) is 0 Å². The Balaban J connectivity index is -0.0000000450. The first-order valence-corrected chi connectivity index (χ1v) is 1.55. The van der Waals surface area contributed by atoms with Gasteiger partial charge in [-0.25, -0.2) is 0 Å². The molecule has 0 aliphatic carbocycles. The molecule has 0 rings (SSSR count). The molecule has 6 heavy (non-hydrogen) atoms. The van der Waals surface area contributed by atoms with Crippen molar-refractivity contribution in [3.63, 3.8) is 0 Å². The van der Waals surface area contributed by atoms with Crippen molar-refractivity contribution >= 4 is 35.0 Å². The predicted octanol–water partition coefficient (Wildman–Crippen LogP) is 0.384. The zero-order chi connectivity index (χ0) is 3.58. The van der Waals surface area contributed by atoms with Gasteiger partial charge in [0, 0.05) is 28.1 Å². The van der Waals surface area contributed by atoms with Crippen LogP contribution >= 0.6 is 24.0 Å². The summed E-state index contributed by atoms with van der Waals surface area (Å²) in [5.41, 5.74) is 0. The maximum atomic E-state index is 8.56. The minimum atomic E-state index is -2.86. The van der Waals surface area contributed by atoms with E-state index in [1.54, 1.807) is 0 Å². The van der Waals surface area contributed by atoms with Gasteiger partial charge in [0.05, 0.1) is 0 Å². The summed E-state index contributed by atoms with van der Waals surface area (Å²) in [5.74, 6) is 0. The molecule has 0 unspecified atom stereocenters. The van der Waals surface area contributed by atoms with E-state index in [9.17, 15) is 0 Å². The Morgan fingerprint density at radius 3 is 1.33 bits per heavy atom. The van der Waals surface area contributed by atoms with E-state index in [0.717, 1.165) is 0 Å². The summed E-state index contributed by atoms with van der Waals surface area (Å²) in [5, 5.41) is 0. The summed E-state index contributed by atoms with van der Waals surface area (Å²) in [4.78, 5) is 0. The Labute approximate surface area is 64.8 Å². The van der Waals surface area contributed by atoms with Crippen LogP contribution in [-0.2, 0) is 36.5 Å². The molecule has 0 aromatic heterocycles. The van der Waals surface area contributed by atoms with Gasteiger partial charge in [-0.15, -0.1) is 24.0 Å². The molecule has 0 saturated carbocycles. The Morgan fingerprint density at radius 2 is 1.33 bits per heavy atom. The van der Waals surface area contributed by atoms with Gasteiger partial charge in [0.1, 0.15) is 0 Å². The minimum absolute atomic E-state index is 0. The number of rotatable bonds is 0. The van der Waals surface area contributed by atoms with E-state index in [2.05, 4.69) is 0 Å².